The van der Waals surface area contributed by atoms with Gasteiger partial charge in [-0.25, -0.2) is 19.1 Å². The van der Waals surface area contributed by atoms with Crippen LogP contribution in [0.15, 0.2) is 107 Å². The van der Waals surface area contributed by atoms with E-state index in [-0.39, 0.29) is 62.5 Å². The zero-order valence-electron chi connectivity index (χ0n) is 33.7. The van der Waals surface area contributed by atoms with Crippen LogP contribution in [0.1, 0.15) is 83.4 Å². The van der Waals surface area contributed by atoms with Gasteiger partial charge in [-0.3, -0.25) is 14.2 Å². The number of carbonyl (C=O) groups excluding carboxylic acids is 3. The molecule has 2 heterocycles. The molecule has 0 radical (unpaired) electrons. The second kappa shape index (κ2) is 21.6. The first-order valence-electron chi connectivity index (χ1n) is 19.3. The van der Waals surface area contributed by atoms with Gasteiger partial charge in [0, 0.05) is 35.8 Å². The van der Waals surface area contributed by atoms with Gasteiger partial charge >= 0.3 is 17.6 Å². The number of nitrogens with zero attached hydrogens (tertiary/aromatic N) is 4. The molecule has 3 aromatic carbocycles. The number of nitriles is 1. The van der Waals surface area contributed by atoms with E-state index in [0.29, 0.717) is 15.7 Å². The van der Waals surface area contributed by atoms with Crippen molar-refractivity contribution in [1.82, 2.24) is 13.8 Å². The van der Waals surface area contributed by atoms with Crippen LogP contribution >= 0.6 is 8.53 Å². The van der Waals surface area contributed by atoms with Crippen LogP contribution in [0.25, 0.3) is 0 Å². The third-order valence-electron chi connectivity index (χ3n) is 9.17. The number of aromatic nitrogens is 2. The summed E-state index contributed by atoms with van der Waals surface area (Å²) in [6, 6.07) is 26.8. The summed E-state index contributed by atoms with van der Waals surface area (Å²) in [6.45, 7) is 8.92. The van der Waals surface area contributed by atoms with Crippen molar-refractivity contribution in [2.75, 3.05) is 26.4 Å². The SMILES string of the molecule is Cc1cn([C@H]2C[C@H](OP(OCCC#N)N(C(C)C)C(C)C)[C@@H](COCC(COC(=O)c3ccccc3)OC(=O)c3ccccc3)O2)c(=O)n(C(=O)c2ccccc2)c1=O. The highest BCUT2D eigenvalue weighted by Gasteiger charge is 2.42. The molecule has 1 aliphatic rings. The van der Waals surface area contributed by atoms with Gasteiger partial charge in [0.25, 0.3) is 20.0 Å². The molecule has 5 rings (SSSR count). The lowest BCUT2D eigenvalue weighted by Crippen LogP contribution is -2.45. The second-order valence-corrected chi connectivity index (χ2v) is 15.7. The lowest BCUT2D eigenvalue weighted by Gasteiger charge is -2.37. The molecule has 5 atom stereocenters. The summed E-state index contributed by atoms with van der Waals surface area (Å²) in [5.41, 5.74) is -0.751. The summed E-state index contributed by atoms with van der Waals surface area (Å²) in [6.07, 6.45) is -2.12. The maximum Gasteiger partial charge on any atom is 0.340 e. The molecular formula is C43H49N4O11P. The van der Waals surface area contributed by atoms with E-state index in [1.807, 2.05) is 32.4 Å². The fourth-order valence-corrected chi connectivity index (χ4v) is 8.15. The van der Waals surface area contributed by atoms with E-state index in [0.717, 1.165) is 0 Å². The molecule has 0 spiro atoms. The number of hydrogen-bond donors (Lipinski definition) is 0. The van der Waals surface area contributed by atoms with Gasteiger partial charge in [0.1, 0.15) is 18.9 Å². The molecule has 0 N–H and O–H groups in total. The van der Waals surface area contributed by atoms with Crippen LogP contribution in [-0.2, 0) is 28.0 Å². The van der Waals surface area contributed by atoms with E-state index in [2.05, 4.69) is 6.07 Å². The minimum atomic E-state index is -1.78. The molecule has 15 nitrogen and oxygen atoms in total. The molecule has 4 aromatic rings. The van der Waals surface area contributed by atoms with Crippen molar-refractivity contribution >= 4 is 26.4 Å². The Morgan fingerprint density at radius 1 is 0.864 bits per heavy atom. The third kappa shape index (κ3) is 11.9. The number of aryl methyl sites for hydroxylation is 1. The van der Waals surface area contributed by atoms with Gasteiger partial charge in [0.2, 0.25) is 0 Å². The molecule has 59 heavy (non-hydrogen) atoms. The molecule has 312 valence electrons. The maximum atomic E-state index is 14.0. The van der Waals surface area contributed by atoms with Gasteiger partial charge in [-0.1, -0.05) is 54.6 Å². The Morgan fingerprint density at radius 2 is 1.44 bits per heavy atom. The average molecular weight is 829 g/mol. The van der Waals surface area contributed by atoms with Crippen molar-refractivity contribution in [1.29, 1.82) is 5.26 Å². The van der Waals surface area contributed by atoms with E-state index in [1.165, 1.54) is 29.8 Å². The molecule has 0 aliphatic carbocycles. The highest BCUT2D eigenvalue weighted by molar-refractivity contribution is 7.44. The van der Waals surface area contributed by atoms with E-state index in [4.69, 9.17) is 28.0 Å². The molecule has 2 unspecified atom stereocenters. The summed E-state index contributed by atoms with van der Waals surface area (Å²) in [4.78, 5) is 66.7. The van der Waals surface area contributed by atoms with E-state index in [1.54, 1.807) is 78.9 Å². The van der Waals surface area contributed by atoms with Gasteiger partial charge in [0.05, 0.1) is 49.5 Å². The van der Waals surface area contributed by atoms with Crippen molar-refractivity contribution in [3.05, 3.63) is 140 Å². The number of hydrogen-bond acceptors (Lipinski definition) is 13. The van der Waals surface area contributed by atoms with E-state index >= 15 is 0 Å². The standard InChI is InChI=1S/C43H49N4O11P/c1-29(2)47(30(3)4)59(55-23-15-22-44)58-36-24-38(45-25-31(5)39(48)46(43(45)52)40(49)32-16-9-6-10-17-32)57-37(36)28-53-26-35(56-42(51)34-20-13-8-14-21-34)27-54-41(50)33-18-11-7-12-19-33/h6-14,16-21,25,29-30,35-38H,15,23-24,26-28H2,1-5H3/t35?,36-,37+,38+,59?/m0/s1. The van der Waals surface area contributed by atoms with Crippen LogP contribution in [0, 0.1) is 18.3 Å². The summed E-state index contributed by atoms with van der Waals surface area (Å²) in [5.74, 6) is -2.04. The van der Waals surface area contributed by atoms with Crippen LogP contribution < -0.4 is 11.2 Å². The van der Waals surface area contributed by atoms with Gasteiger partial charge in [-0.15, -0.1) is 0 Å². The lowest BCUT2D eigenvalue weighted by atomic mass is 10.2. The van der Waals surface area contributed by atoms with Crippen LogP contribution in [0.2, 0.25) is 0 Å². The first-order valence-corrected chi connectivity index (χ1v) is 20.4. The molecular weight excluding hydrogens is 779 g/mol. The zero-order chi connectivity index (χ0) is 42.5. The molecule has 1 saturated heterocycles. The molecule has 1 aromatic heterocycles. The summed E-state index contributed by atoms with van der Waals surface area (Å²) < 4.78 is 40.6. The van der Waals surface area contributed by atoms with Crippen molar-refractivity contribution in [2.45, 2.75) is 84.1 Å². The van der Waals surface area contributed by atoms with Crippen molar-refractivity contribution in [3.8, 4) is 6.07 Å². The number of ether oxygens (including phenoxy) is 4. The number of rotatable bonds is 19. The van der Waals surface area contributed by atoms with Gasteiger partial charge < -0.3 is 28.0 Å². The summed E-state index contributed by atoms with van der Waals surface area (Å²) in [7, 11) is -1.78. The van der Waals surface area contributed by atoms with Crippen LogP contribution in [0.5, 0.6) is 0 Å². The molecule has 1 aliphatic heterocycles. The second-order valence-electron chi connectivity index (χ2n) is 14.3. The Bertz CT molecular complexity index is 2170. The van der Waals surface area contributed by atoms with Crippen molar-refractivity contribution in [2.24, 2.45) is 0 Å². The Balaban J connectivity index is 1.42. The quantitative estimate of drug-likeness (QED) is 0.0607. The van der Waals surface area contributed by atoms with Crippen LogP contribution in [0.4, 0.5) is 0 Å². The minimum absolute atomic E-state index is 0.0208. The van der Waals surface area contributed by atoms with E-state index in [9.17, 15) is 29.2 Å². The smallest absolute Gasteiger partial charge is 0.340 e. The minimum Gasteiger partial charge on any atom is -0.458 e. The molecule has 0 amide bonds. The van der Waals surface area contributed by atoms with Crippen molar-refractivity contribution < 1.29 is 42.4 Å². The highest BCUT2D eigenvalue weighted by Crippen LogP contribution is 2.50. The first kappa shape index (κ1) is 44.8. The van der Waals surface area contributed by atoms with Gasteiger partial charge in [-0.2, -0.15) is 9.83 Å². The molecule has 1 fully saturated rings. The van der Waals surface area contributed by atoms with Crippen LogP contribution in [-0.4, -0.2) is 88.5 Å². The zero-order valence-corrected chi connectivity index (χ0v) is 34.6. The third-order valence-corrected chi connectivity index (χ3v) is 11.3. The fraction of sp³-hybridized carbons (Fsp3) is 0.395. The normalized spacial score (nSPS) is 17.4. The fourth-order valence-electron chi connectivity index (χ4n) is 6.39. The van der Waals surface area contributed by atoms with Gasteiger partial charge in [0.15, 0.2) is 6.10 Å². The number of esters is 2. The van der Waals surface area contributed by atoms with Crippen LogP contribution in [0.3, 0.4) is 0 Å². The van der Waals surface area contributed by atoms with Crippen molar-refractivity contribution in [3.63, 3.8) is 0 Å². The predicted octanol–water partition coefficient (Wildman–Crippen LogP) is 6.05. The molecule has 16 heteroatoms. The lowest BCUT2D eigenvalue weighted by molar-refractivity contribution is -0.0819. The van der Waals surface area contributed by atoms with E-state index < -0.39 is 62.2 Å². The first-order chi connectivity index (χ1) is 28.4. The van der Waals surface area contributed by atoms with Gasteiger partial charge in [-0.05, 0) is 71.0 Å². The summed E-state index contributed by atoms with van der Waals surface area (Å²) >= 11 is 0. The number of carbonyl (C=O) groups is 3. The average Bonchev–Trinajstić information content (AvgIpc) is 3.63. The monoisotopic (exact) mass is 828 g/mol. The maximum absolute atomic E-state index is 14.0. The Morgan fingerprint density at radius 3 is 2.02 bits per heavy atom. The highest BCUT2D eigenvalue weighted by atomic mass is 31.2. The molecule has 0 bridgehead atoms. The largest absolute Gasteiger partial charge is 0.458 e. The topological polar surface area (TPSA) is 178 Å². The number of benzene rings is 3. The predicted molar refractivity (Wildman–Crippen MR) is 218 cm³/mol. The Hall–Kier alpha value is -5.33. The Labute approximate surface area is 343 Å². The molecule has 0 saturated carbocycles. The Kier molecular flexibility index (Phi) is 16.4. The summed E-state index contributed by atoms with van der Waals surface area (Å²) in [5, 5.41) is 9.26.